The molecule has 3 aromatic rings. The average molecular weight is 280 g/mol. The monoisotopic (exact) mass is 280 g/mol. The Labute approximate surface area is 124 Å². The van der Waals surface area contributed by atoms with Gasteiger partial charge in [-0.05, 0) is 37.6 Å². The fourth-order valence-electron chi connectivity index (χ4n) is 2.58. The first kappa shape index (κ1) is 13.6. The predicted octanol–water partition coefficient (Wildman–Crippen LogP) is 3.11. The Morgan fingerprint density at radius 1 is 1.19 bits per heavy atom. The molecule has 2 aromatic carbocycles. The highest BCUT2D eigenvalue weighted by molar-refractivity contribution is 5.81. The summed E-state index contributed by atoms with van der Waals surface area (Å²) in [5.41, 5.74) is 16.9. The average Bonchev–Trinajstić information content (AvgIpc) is 2.88. The predicted molar refractivity (Wildman–Crippen MR) is 88.1 cm³/mol. The highest BCUT2D eigenvalue weighted by Crippen LogP contribution is 2.29. The number of imidazole rings is 1. The van der Waals surface area contributed by atoms with Gasteiger partial charge in [-0.1, -0.05) is 24.3 Å². The minimum atomic E-state index is 0.176. The lowest BCUT2D eigenvalue weighted by Gasteiger charge is -2.16. The molecule has 4 heteroatoms. The van der Waals surface area contributed by atoms with Crippen LogP contribution >= 0.6 is 0 Å². The summed E-state index contributed by atoms with van der Waals surface area (Å²) in [5.74, 6) is 0.917. The second kappa shape index (κ2) is 5.22. The van der Waals surface area contributed by atoms with Crippen molar-refractivity contribution >= 4 is 16.7 Å². The number of para-hydroxylation sites is 2. The summed E-state index contributed by atoms with van der Waals surface area (Å²) in [5, 5.41) is 0. The van der Waals surface area contributed by atoms with Crippen LogP contribution in [-0.4, -0.2) is 16.1 Å². The van der Waals surface area contributed by atoms with Crippen LogP contribution in [0.3, 0.4) is 0 Å². The molecule has 0 saturated heterocycles. The fourth-order valence-corrected chi connectivity index (χ4v) is 2.58. The van der Waals surface area contributed by atoms with Crippen LogP contribution in [0, 0.1) is 6.92 Å². The van der Waals surface area contributed by atoms with Crippen molar-refractivity contribution in [3.63, 3.8) is 0 Å². The summed E-state index contributed by atoms with van der Waals surface area (Å²) in [7, 11) is 0. The Bertz CT molecular complexity index is 789. The second-order valence-corrected chi connectivity index (χ2v) is 5.45. The Balaban J connectivity index is 2.28. The number of nitrogens with two attached hydrogens (primary N) is 2. The molecule has 0 bridgehead atoms. The van der Waals surface area contributed by atoms with Crippen molar-refractivity contribution in [1.82, 2.24) is 9.55 Å². The van der Waals surface area contributed by atoms with Gasteiger partial charge in [-0.2, -0.15) is 0 Å². The maximum atomic E-state index is 6.05. The SMILES string of the molecule is Cc1ccc(-c2nc3ccccc3n2C(C)CN)cc1N. The van der Waals surface area contributed by atoms with Gasteiger partial charge in [0.2, 0.25) is 0 Å². The molecule has 1 unspecified atom stereocenters. The van der Waals surface area contributed by atoms with E-state index in [1.165, 1.54) is 0 Å². The molecule has 1 heterocycles. The number of hydrogen-bond acceptors (Lipinski definition) is 3. The van der Waals surface area contributed by atoms with Crippen LogP contribution in [0.1, 0.15) is 18.5 Å². The molecule has 4 N–H and O–H groups in total. The first-order chi connectivity index (χ1) is 10.1. The number of nitrogen functional groups attached to an aromatic ring is 1. The summed E-state index contributed by atoms with van der Waals surface area (Å²) in [6.07, 6.45) is 0. The zero-order valence-corrected chi connectivity index (χ0v) is 12.4. The molecular formula is C17H20N4. The number of hydrogen-bond donors (Lipinski definition) is 2. The quantitative estimate of drug-likeness (QED) is 0.724. The summed E-state index contributed by atoms with van der Waals surface area (Å²) in [6, 6.07) is 14.4. The van der Waals surface area contributed by atoms with Gasteiger partial charge in [-0.3, -0.25) is 0 Å². The number of rotatable bonds is 3. The van der Waals surface area contributed by atoms with Crippen LogP contribution in [0.25, 0.3) is 22.4 Å². The van der Waals surface area contributed by atoms with Crippen molar-refractivity contribution in [2.45, 2.75) is 19.9 Å². The Morgan fingerprint density at radius 3 is 2.67 bits per heavy atom. The van der Waals surface area contributed by atoms with Gasteiger partial charge in [-0.15, -0.1) is 0 Å². The summed E-state index contributed by atoms with van der Waals surface area (Å²) < 4.78 is 2.19. The van der Waals surface area contributed by atoms with Crippen molar-refractivity contribution in [2.24, 2.45) is 5.73 Å². The van der Waals surface area contributed by atoms with E-state index >= 15 is 0 Å². The van der Waals surface area contributed by atoms with Gasteiger partial charge in [0.15, 0.2) is 0 Å². The van der Waals surface area contributed by atoms with Gasteiger partial charge in [-0.25, -0.2) is 4.98 Å². The number of aromatic nitrogens is 2. The molecule has 0 aliphatic carbocycles. The van der Waals surface area contributed by atoms with Gasteiger partial charge in [0.25, 0.3) is 0 Å². The molecule has 4 nitrogen and oxygen atoms in total. The van der Waals surface area contributed by atoms with Gasteiger partial charge in [0.1, 0.15) is 5.82 Å². The minimum Gasteiger partial charge on any atom is -0.398 e. The molecule has 0 saturated carbocycles. The van der Waals surface area contributed by atoms with E-state index in [-0.39, 0.29) is 6.04 Å². The van der Waals surface area contributed by atoms with Crippen LogP contribution in [0.2, 0.25) is 0 Å². The number of anilines is 1. The van der Waals surface area contributed by atoms with Crippen molar-refractivity contribution in [2.75, 3.05) is 12.3 Å². The Kier molecular flexibility index (Phi) is 3.39. The number of aryl methyl sites for hydroxylation is 1. The first-order valence-corrected chi connectivity index (χ1v) is 7.15. The van der Waals surface area contributed by atoms with Crippen LogP contribution in [-0.2, 0) is 0 Å². The van der Waals surface area contributed by atoms with Gasteiger partial charge < -0.3 is 16.0 Å². The van der Waals surface area contributed by atoms with E-state index in [9.17, 15) is 0 Å². The van der Waals surface area contributed by atoms with Gasteiger partial charge >= 0.3 is 0 Å². The largest absolute Gasteiger partial charge is 0.398 e. The third-order valence-electron chi connectivity index (χ3n) is 3.92. The number of fused-ring (bicyclic) bond motifs is 1. The van der Waals surface area contributed by atoms with Gasteiger partial charge in [0.05, 0.1) is 11.0 Å². The maximum Gasteiger partial charge on any atom is 0.141 e. The summed E-state index contributed by atoms with van der Waals surface area (Å²) in [4.78, 5) is 4.77. The molecule has 0 fully saturated rings. The molecule has 0 aliphatic heterocycles. The van der Waals surface area contributed by atoms with E-state index < -0.39 is 0 Å². The molecular weight excluding hydrogens is 260 g/mol. The smallest absolute Gasteiger partial charge is 0.141 e. The van der Waals surface area contributed by atoms with E-state index in [1.807, 2.05) is 37.3 Å². The van der Waals surface area contributed by atoms with E-state index in [1.54, 1.807) is 0 Å². The third kappa shape index (κ3) is 2.28. The van der Waals surface area contributed by atoms with Crippen molar-refractivity contribution in [1.29, 1.82) is 0 Å². The number of nitrogens with zero attached hydrogens (tertiary/aromatic N) is 2. The van der Waals surface area contributed by atoms with Crippen LogP contribution in [0.15, 0.2) is 42.5 Å². The fraction of sp³-hybridized carbons (Fsp3) is 0.235. The number of benzene rings is 2. The molecule has 1 atom stereocenters. The molecule has 1 aromatic heterocycles. The molecule has 108 valence electrons. The Hall–Kier alpha value is -2.33. The highest BCUT2D eigenvalue weighted by Gasteiger charge is 2.16. The molecule has 0 spiro atoms. The zero-order valence-electron chi connectivity index (χ0n) is 12.4. The van der Waals surface area contributed by atoms with E-state index in [0.717, 1.165) is 33.7 Å². The lowest BCUT2D eigenvalue weighted by atomic mass is 10.1. The van der Waals surface area contributed by atoms with E-state index in [2.05, 4.69) is 23.6 Å². The molecule has 21 heavy (non-hydrogen) atoms. The van der Waals surface area contributed by atoms with Crippen LogP contribution < -0.4 is 11.5 Å². The Morgan fingerprint density at radius 2 is 1.95 bits per heavy atom. The molecule has 0 radical (unpaired) electrons. The van der Waals surface area contributed by atoms with Crippen molar-refractivity contribution < 1.29 is 0 Å². The van der Waals surface area contributed by atoms with E-state index in [4.69, 9.17) is 16.5 Å². The normalized spacial score (nSPS) is 12.7. The van der Waals surface area contributed by atoms with E-state index in [0.29, 0.717) is 6.54 Å². The van der Waals surface area contributed by atoms with Crippen molar-refractivity contribution in [3.05, 3.63) is 48.0 Å². The minimum absolute atomic E-state index is 0.176. The van der Waals surface area contributed by atoms with Gasteiger partial charge in [0, 0.05) is 23.8 Å². The highest BCUT2D eigenvalue weighted by atomic mass is 15.1. The standard InChI is InChI=1S/C17H20N4/c1-11-7-8-13(9-14(11)19)17-20-15-5-3-4-6-16(15)21(17)12(2)10-18/h3-9,12H,10,18-19H2,1-2H3. The molecule has 0 amide bonds. The van der Waals surface area contributed by atoms with Crippen molar-refractivity contribution in [3.8, 4) is 11.4 Å². The first-order valence-electron chi connectivity index (χ1n) is 7.15. The molecule has 3 rings (SSSR count). The summed E-state index contributed by atoms with van der Waals surface area (Å²) >= 11 is 0. The van der Waals surface area contributed by atoms with Crippen LogP contribution in [0.4, 0.5) is 5.69 Å². The zero-order chi connectivity index (χ0) is 15.0. The molecule has 0 aliphatic rings. The third-order valence-corrected chi connectivity index (χ3v) is 3.92. The second-order valence-electron chi connectivity index (χ2n) is 5.45. The maximum absolute atomic E-state index is 6.05. The lowest BCUT2D eigenvalue weighted by Crippen LogP contribution is -2.16. The lowest BCUT2D eigenvalue weighted by molar-refractivity contribution is 0.579. The topological polar surface area (TPSA) is 69.9 Å². The van der Waals surface area contributed by atoms with Crippen LogP contribution in [0.5, 0.6) is 0 Å². The summed E-state index contributed by atoms with van der Waals surface area (Å²) in [6.45, 7) is 4.68.